The van der Waals surface area contributed by atoms with E-state index in [4.69, 9.17) is 4.52 Å². The van der Waals surface area contributed by atoms with Crippen molar-refractivity contribution in [1.82, 2.24) is 14.7 Å². The lowest BCUT2D eigenvalue weighted by molar-refractivity contribution is 0.0982. The van der Waals surface area contributed by atoms with Crippen LogP contribution in [0.4, 0.5) is 0 Å². The van der Waals surface area contributed by atoms with Crippen molar-refractivity contribution < 1.29 is 9.32 Å². The van der Waals surface area contributed by atoms with Crippen molar-refractivity contribution in [2.75, 3.05) is 0 Å². The lowest BCUT2D eigenvalue weighted by atomic mass is 10.1. The Kier molecular flexibility index (Phi) is 3.67. The molecule has 0 unspecified atom stereocenters. The molecule has 3 rings (SSSR count). The van der Waals surface area contributed by atoms with E-state index in [0.717, 1.165) is 43.2 Å². The van der Waals surface area contributed by atoms with Gasteiger partial charge in [-0.2, -0.15) is 4.98 Å². The maximum Gasteiger partial charge on any atom is 0.226 e. The van der Waals surface area contributed by atoms with Crippen molar-refractivity contribution in [3.8, 4) is 0 Å². The van der Waals surface area contributed by atoms with Crippen molar-refractivity contribution in [1.29, 1.82) is 0 Å². The predicted octanol–water partition coefficient (Wildman–Crippen LogP) is 2.78. The average molecular weight is 273 g/mol. The third-order valence-corrected chi connectivity index (χ3v) is 3.66. The van der Waals surface area contributed by atoms with Gasteiger partial charge in [0, 0.05) is 30.8 Å². The van der Waals surface area contributed by atoms with E-state index in [9.17, 15) is 4.79 Å². The molecule has 0 N–H and O–H groups in total. The number of nitrogens with zero attached hydrogens (tertiary/aromatic N) is 3. The van der Waals surface area contributed by atoms with Gasteiger partial charge in [-0.05, 0) is 31.2 Å². The summed E-state index contributed by atoms with van der Waals surface area (Å²) < 4.78 is 7.17. The van der Waals surface area contributed by atoms with Gasteiger partial charge in [-0.15, -0.1) is 0 Å². The Bertz CT molecular complexity index is 612. The van der Waals surface area contributed by atoms with Crippen LogP contribution >= 0.6 is 0 Å². The second-order valence-electron chi connectivity index (χ2n) is 5.35. The first-order valence-corrected chi connectivity index (χ1v) is 7.29. The van der Waals surface area contributed by atoms with Gasteiger partial charge in [0.25, 0.3) is 0 Å². The molecule has 106 valence electrons. The lowest BCUT2D eigenvalue weighted by Gasteiger charge is -1.97. The number of hydrogen-bond donors (Lipinski definition) is 0. The lowest BCUT2D eigenvalue weighted by Crippen LogP contribution is -2.00. The van der Waals surface area contributed by atoms with Crippen LogP contribution in [0.15, 0.2) is 16.9 Å². The maximum atomic E-state index is 12.0. The highest BCUT2D eigenvalue weighted by Gasteiger charge is 2.18. The Balaban J connectivity index is 1.77. The summed E-state index contributed by atoms with van der Waals surface area (Å²) in [5.41, 5.74) is 2.03. The van der Waals surface area contributed by atoms with Gasteiger partial charge in [0.2, 0.25) is 5.89 Å². The molecule has 2 aromatic heterocycles. The molecule has 0 atom stereocenters. The van der Waals surface area contributed by atoms with E-state index in [1.807, 2.05) is 10.8 Å². The number of Topliss-reactive ketones (excluding diaryl/α,β-unsaturated/α-hetero) is 1. The number of aryl methyl sites for hydroxylation is 2. The number of carbonyl (C=O) groups is 1. The average Bonchev–Trinajstić information content (AvgIpc) is 2.99. The van der Waals surface area contributed by atoms with Gasteiger partial charge < -0.3 is 9.09 Å². The molecule has 1 aliphatic carbocycles. The van der Waals surface area contributed by atoms with E-state index >= 15 is 0 Å². The van der Waals surface area contributed by atoms with Gasteiger partial charge >= 0.3 is 0 Å². The molecule has 1 aliphatic rings. The van der Waals surface area contributed by atoms with Gasteiger partial charge in [-0.25, -0.2) is 0 Å². The molecule has 0 aromatic carbocycles. The highest BCUT2D eigenvalue weighted by molar-refractivity contribution is 5.97. The number of ketones is 1. The van der Waals surface area contributed by atoms with Gasteiger partial charge in [0.05, 0.1) is 6.54 Å². The normalized spacial score (nSPS) is 15.2. The smallest absolute Gasteiger partial charge is 0.226 e. The van der Waals surface area contributed by atoms with E-state index in [2.05, 4.69) is 23.3 Å². The molecule has 0 bridgehead atoms. The van der Waals surface area contributed by atoms with Crippen LogP contribution < -0.4 is 0 Å². The van der Waals surface area contributed by atoms with Gasteiger partial charge in [0.15, 0.2) is 11.6 Å². The zero-order valence-electron chi connectivity index (χ0n) is 11.8. The summed E-state index contributed by atoms with van der Waals surface area (Å²) in [4.78, 5) is 16.4. The monoisotopic (exact) mass is 273 g/mol. The van der Waals surface area contributed by atoms with Crippen LogP contribution in [0.5, 0.6) is 0 Å². The molecule has 2 heterocycles. The zero-order chi connectivity index (χ0) is 13.9. The van der Waals surface area contributed by atoms with Gasteiger partial charge in [-0.1, -0.05) is 12.1 Å². The molecule has 0 saturated heterocycles. The topological polar surface area (TPSA) is 60.9 Å². The fourth-order valence-electron chi connectivity index (χ4n) is 2.67. The Morgan fingerprint density at radius 3 is 3.00 bits per heavy atom. The molecular formula is C15H19N3O2. The second kappa shape index (κ2) is 5.61. The quantitative estimate of drug-likeness (QED) is 0.804. The molecule has 0 aliphatic heterocycles. The predicted molar refractivity (Wildman–Crippen MR) is 73.7 cm³/mol. The third-order valence-electron chi connectivity index (χ3n) is 3.66. The molecular weight excluding hydrogens is 254 g/mol. The molecule has 0 spiro atoms. The summed E-state index contributed by atoms with van der Waals surface area (Å²) in [5.74, 6) is 1.62. The van der Waals surface area contributed by atoms with Crippen molar-refractivity contribution in [2.24, 2.45) is 0 Å². The van der Waals surface area contributed by atoms with E-state index in [-0.39, 0.29) is 5.78 Å². The summed E-state index contributed by atoms with van der Waals surface area (Å²) in [6.07, 6.45) is 9.53. The molecule has 0 radical (unpaired) electrons. The van der Waals surface area contributed by atoms with E-state index in [0.29, 0.717) is 24.7 Å². The second-order valence-corrected chi connectivity index (χ2v) is 5.35. The molecule has 0 fully saturated rings. The van der Waals surface area contributed by atoms with Crippen LogP contribution in [0.1, 0.15) is 60.2 Å². The SMILES string of the molecule is CCCc1nc(Cn2cc3c(c2)C(=O)CCCC3)no1. The molecule has 0 saturated carbocycles. The number of aromatic nitrogens is 3. The highest BCUT2D eigenvalue weighted by Crippen LogP contribution is 2.21. The molecule has 0 amide bonds. The van der Waals surface area contributed by atoms with E-state index in [1.54, 1.807) is 0 Å². The fraction of sp³-hybridized carbons (Fsp3) is 0.533. The number of rotatable bonds is 4. The Labute approximate surface area is 118 Å². The van der Waals surface area contributed by atoms with Crippen molar-refractivity contribution in [2.45, 2.75) is 52.0 Å². The van der Waals surface area contributed by atoms with Crippen molar-refractivity contribution in [3.63, 3.8) is 0 Å². The minimum Gasteiger partial charge on any atom is -0.346 e. The fourth-order valence-corrected chi connectivity index (χ4v) is 2.67. The maximum absolute atomic E-state index is 12.0. The largest absolute Gasteiger partial charge is 0.346 e. The van der Waals surface area contributed by atoms with Crippen LogP contribution in [-0.4, -0.2) is 20.5 Å². The standard InChI is InChI=1S/C15H19N3O2/c1-2-5-15-16-14(17-20-15)10-18-8-11-6-3-4-7-13(19)12(11)9-18/h8-9H,2-7,10H2,1H3. The van der Waals surface area contributed by atoms with E-state index < -0.39 is 0 Å². The van der Waals surface area contributed by atoms with Crippen LogP contribution in [-0.2, 0) is 19.4 Å². The first kappa shape index (κ1) is 13.1. The van der Waals surface area contributed by atoms with Gasteiger partial charge in [-0.3, -0.25) is 4.79 Å². The van der Waals surface area contributed by atoms with Crippen LogP contribution in [0, 0.1) is 0 Å². The van der Waals surface area contributed by atoms with Crippen LogP contribution in [0.25, 0.3) is 0 Å². The summed E-state index contributed by atoms with van der Waals surface area (Å²) in [7, 11) is 0. The molecule has 2 aromatic rings. The summed E-state index contributed by atoms with van der Waals surface area (Å²) in [5, 5.41) is 3.98. The third kappa shape index (κ3) is 2.66. The van der Waals surface area contributed by atoms with E-state index in [1.165, 1.54) is 0 Å². The molecule has 5 nitrogen and oxygen atoms in total. The minimum atomic E-state index is 0.260. The zero-order valence-corrected chi connectivity index (χ0v) is 11.8. The number of hydrogen-bond acceptors (Lipinski definition) is 4. The highest BCUT2D eigenvalue weighted by atomic mass is 16.5. The van der Waals surface area contributed by atoms with Gasteiger partial charge in [0.1, 0.15) is 0 Å². The minimum absolute atomic E-state index is 0.260. The molecule has 5 heteroatoms. The number of carbonyl (C=O) groups excluding carboxylic acids is 1. The first-order valence-electron chi connectivity index (χ1n) is 7.29. The van der Waals surface area contributed by atoms with Crippen molar-refractivity contribution >= 4 is 5.78 Å². The number of fused-ring (bicyclic) bond motifs is 1. The Morgan fingerprint density at radius 1 is 1.30 bits per heavy atom. The van der Waals surface area contributed by atoms with Crippen LogP contribution in [0.2, 0.25) is 0 Å². The Morgan fingerprint density at radius 2 is 2.15 bits per heavy atom. The van der Waals surface area contributed by atoms with Crippen LogP contribution in [0.3, 0.4) is 0 Å². The summed E-state index contributed by atoms with van der Waals surface area (Å²) in [6.45, 7) is 2.64. The summed E-state index contributed by atoms with van der Waals surface area (Å²) >= 11 is 0. The van der Waals surface area contributed by atoms with Crippen molar-refractivity contribution in [3.05, 3.63) is 35.2 Å². The molecule has 20 heavy (non-hydrogen) atoms. The summed E-state index contributed by atoms with van der Waals surface area (Å²) in [6, 6.07) is 0. The Hall–Kier alpha value is -1.91. The first-order chi connectivity index (χ1) is 9.76.